The maximum absolute atomic E-state index is 11.8. The molecule has 6 heteroatoms. The number of rotatable bonds is 4. The van der Waals surface area contributed by atoms with Gasteiger partial charge in [-0.3, -0.25) is 4.79 Å². The van der Waals surface area contributed by atoms with E-state index in [-0.39, 0.29) is 18.1 Å². The van der Waals surface area contributed by atoms with Gasteiger partial charge in [0.1, 0.15) is 5.75 Å². The topological polar surface area (TPSA) is 77.2 Å². The van der Waals surface area contributed by atoms with Crippen LogP contribution in [0, 0.1) is 6.92 Å². The first kappa shape index (κ1) is 15.0. The minimum absolute atomic E-state index is 0.0681. The molecule has 1 amide bonds. The van der Waals surface area contributed by atoms with Crippen LogP contribution in [0.2, 0.25) is 0 Å². The Morgan fingerprint density at radius 1 is 1.33 bits per heavy atom. The molecule has 1 aromatic carbocycles. The van der Waals surface area contributed by atoms with Gasteiger partial charge in [0, 0.05) is 5.54 Å². The fourth-order valence-electron chi connectivity index (χ4n) is 1.77. The van der Waals surface area contributed by atoms with Gasteiger partial charge in [-0.15, -0.1) is 0 Å². The highest BCUT2D eigenvalue weighted by molar-refractivity contribution is 5.78. The highest BCUT2D eigenvalue weighted by atomic mass is 16.5. The van der Waals surface area contributed by atoms with E-state index in [1.807, 2.05) is 39.0 Å². The summed E-state index contributed by atoms with van der Waals surface area (Å²) in [7, 11) is 0. The van der Waals surface area contributed by atoms with E-state index in [0.717, 1.165) is 0 Å². The van der Waals surface area contributed by atoms with Crippen molar-refractivity contribution in [2.75, 3.05) is 6.61 Å². The van der Waals surface area contributed by atoms with Crippen LogP contribution in [0.3, 0.4) is 0 Å². The summed E-state index contributed by atoms with van der Waals surface area (Å²) < 4.78 is 10.7. The number of hydrogen-bond donors (Lipinski definition) is 1. The van der Waals surface area contributed by atoms with E-state index < -0.39 is 0 Å². The van der Waals surface area contributed by atoms with Crippen LogP contribution in [0.1, 0.15) is 26.6 Å². The molecule has 21 heavy (non-hydrogen) atoms. The number of benzene rings is 1. The summed E-state index contributed by atoms with van der Waals surface area (Å²) in [5.74, 6) is 1.27. The Balaban J connectivity index is 2.09. The number of hydrogen-bond acceptors (Lipinski definition) is 5. The summed E-state index contributed by atoms with van der Waals surface area (Å²) in [6, 6.07) is 7.24. The third kappa shape index (κ3) is 4.30. The van der Waals surface area contributed by atoms with Gasteiger partial charge < -0.3 is 14.6 Å². The van der Waals surface area contributed by atoms with Gasteiger partial charge >= 0.3 is 0 Å². The fourth-order valence-corrected chi connectivity index (χ4v) is 1.77. The molecule has 0 radical (unpaired) electrons. The number of carbonyl (C=O) groups excluding carboxylic acids is 1. The van der Waals surface area contributed by atoms with Crippen molar-refractivity contribution in [2.45, 2.75) is 33.2 Å². The van der Waals surface area contributed by atoms with Gasteiger partial charge in [-0.05, 0) is 39.8 Å². The zero-order valence-corrected chi connectivity index (χ0v) is 12.6. The van der Waals surface area contributed by atoms with E-state index >= 15 is 0 Å². The van der Waals surface area contributed by atoms with Crippen LogP contribution in [0.5, 0.6) is 5.75 Å². The molecule has 0 aliphatic rings. The van der Waals surface area contributed by atoms with Crippen LogP contribution in [-0.2, 0) is 4.79 Å². The first-order valence-corrected chi connectivity index (χ1v) is 6.69. The predicted molar refractivity (Wildman–Crippen MR) is 77.9 cm³/mol. The molecule has 2 aromatic rings. The Morgan fingerprint density at radius 2 is 2.05 bits per heavy atom. The normalized spacial score (nSPS) is 11.2. The second kappa shape index (κ2) is 5.95. The van der Waals surface area contributed by atoms with Gasteiger partial charge in [0.2, 0.25) is 0 Å². The lowest BCUT2D eigenvalue weighted by Crippen LogP contribution is -2.43. The quantitative estimate of drug-likeness (QED) is 0.934. The van der Waals surface area contributed by atoms with Crippen LogP contribution in [0.25, 0.3) is 11.5 Å². The van der Waals surface area contributed by atoms with E-state index in [4.69, 9.17) is 9.26 Å². The molecule has 2 rings (SSSR count). The Hall–Kier alpha value is -2.37. The highest BCUT2D eigenvalue weighted by Crippen LogP contribution is 2.28. The summed E-state index contributed by atoms with van der Waals surface area (Å²) in [5, 5.41) is 6.59. The summed E-state index contributed by atoms with van der Waals surface area (Å²) in [6.07, 6.45) is 0. The second-order valence-electron chi connectivity index (χ2n) is 5.73. The molecule has 0 unspecified atom stereocenters. The Bertz CT molecular complexity index is 629. The smallest absolute Gasteiger partial charge is 0.261 e. The third-order valence-electron chi connectivity index (χ3n) is 2.52. The van der Waals surface area contributed by atoms with Gasteiger partial charge in [0.15, 0.2) is 12.4 Å². The fraction of sp³-hybridized carbons (Fsp3) is 0.400. The first-order chi connectivity index (χ1) is 9.85. The molecule has 0 saturated heterocycles. The van der Waals surface area contributed by atoms with Crippen LogP contribution in [0.4, 0.5) is 0 Å². The lowest BCUT2D eigenvalue weighted by Gasteiger charge is -2.20. The lowest BCUT2D eigenvalue weighted by atomic mass is 10.1. The van der Waals surface area contributed by atoms with Crippen molar-refractivity contribution in [1.82, 2.24) is 15.5 Å². The Morgan fingerprint density at radius 3 is 2.67 bits per heavy atom. The van der Waals surface area contributed by atoms with E-state index in [0.29, 0.717) is 23.0 Å². The van der Waals surface area contributed by atoms with Crippen molar-refractivity contribution in [3.8, 4) is 17.2 Å². The lowest BCUT2D eigenvalue weighted by molar-refractivity contribution is -0.124. The van der Waals surface area contributed by atoms with Crippen LogP contribution >= 0.6 is 0 Å². The van der Waals surface area contributed by atoms with Gasteiger partial charge in [0.25, 0.3) is 11.8 Å². The Kier molecular flexibility index (Phi) is 4.26. The summed E-state index contributed by atoms with van der Waals surface area (Å²) in [6.45, 7) is 7.43. The average molecular weight is 289 g/mol. The molecule has 0 atom stereocenters. The molecule has 0 spiro atoms. The highest BCUT2D eigenvalue weighted by Gasteiger charge is 2.16. The number of ether oxygens (including phenoxy) is 1. The van der Waals surface area contributed by atoms with Crippen molar-refractivity contribution < 1.29 is 14.1 Å². The van der Waals surface area contributed by atoms with E-state index in [1.165, 1.54) is 0 Å². The summed E-state index contributed by atoms with van der Waals surface area (Å²) >= 11 is 0. The van der Waals surface area contributed by atoms with Crippen molar-refractivity contribution in [2.24, 2.45) is 0 Å². The Labute approximate surface area is 123 Å². The minimum atomic E-state index is -0.288. The van der Waals surface area contributed by atoms with Crippen LogP contribution < -0.4 is 10.1 Å². The number of para-hydroxylation sites is 1. The van der Waals surface area contributed by atoms with Crippen LogP contribution in [0.15, 0.2) is 28.8 Å². The zero-order chi connectivity index (χ0) is 15.5. The third-order valence-corrected chi connectivity index (χ3v) is 2.52. The van der Waals surface area contributed by atoms with Crippen molar-refractivity contribution in [1.29, 1.82) is 0 Å². The SMILES string of the molecule is Cc1noc(-c2ccccc2OCC(=O)NC(C)(C)C)n1. The van der Waals surface area contributed by atoms with Crippen molar-refractivity contribution in [3.05, 3.63) is 30.1 Å². The van der Waals surface area contributed by atoms with Crippen molar-refractivity contribution >= 4 is 5.91 Å². The molecule has 112 valence electrons. The maximum Gasteiger partial charge on any atom is 0.261 e. The van der Waals surface area contributed by atoms with E-state index in [2.05, 4.69) is 15.5 Å². The average Bonchev–Trinajstić information content (AvgIpc) is 2.81. The molecule has 0 aliphatic heterocycles. The number of carbonyl (C=O) groups is 1. The monoisotopic (exact) mass is 289 g/mol. The summed E-state index contributed by atoms with van der Waals surface area (Å²) in [5.41, 5.74) is 0.380. The number of aromatic nitrogens is 2. The molecule has 1 heterocycles. The molecule has 0 fully saturated rings. The van der Waals surface area contributed by atoms with Crippen molar-refractivity contribution in [3.63, 3.8) is 0 Å². The molecule has 1 aromatic heterocycles. The largest absolute Gasteiger partial charge is 0.483 e. The number of nitrogens with zero attached hydrogens (tertiary/aromatic N) is 2. The minimum Gasteiger partial charge on any atom is -0.483 e. The predicted octanol–water partition coefficient (Wildman–Crippen LogP) is 2.34. The molecule has 0 aliphatic carbocycles. The number of nitrogens with one attached hydrogen (secondary N) is 1. The van der Waals surface area contributed by atoms with Gasteiger partial charge in [-0.2, -0.15) is 4.98 Å². The molecule has 6 nitrogen and oxygen atoms in total. The van der Waals surface area contributed by atoms with Gasteiger partial charge in [-0.25, -0.2) is 0 Å². The molecule has 0 bridgehead atoms. The standard InChI is InChI=1S/C15H19N3O3/c1-10-16-14(21-18-10)11-7-5-6-8-12(11)20-9-13(19)17-15(2,3)4/h5-8H,9H2,1-4H3,(H,17,19). The van der Waals surface area contributed by atoms with E-state index in [1.54, 1.807) is 13.0 Å². The number of aryl methyl sites for hydroxylation is 1. The van der Waals surface area contributed by atoms with E-state index in [9.17, 15) is 4.79 Å². The zero-order valence-electron chi connectivity index (χ0n) is 12.6. The summed E-state index contributed by atoms with van der Waals surface area (Å²) in [4.78, 5) is 16.0. The van der Waals surface area contributed by atoms with Gasteiger partial charge in [0.05, 0.1) is 5.56 Å². The van der Waals surface area contributed by atoms with Crippen LogP contribution in [-0.4, -0.2) is 28.2 Å². The number of amides is 1. The molecule has 0 saturated carbocycles. The first-order valence-electron chi connectivity index (χ1n) is 6.69. The molecular formula is C15H19N3O3. The van der Waals surface area contributed by atoms with Gasteiger partial charge in [-0.1, -0.05) is 17.3 Å². The molecule has 1 N–H and O–H groups in total. The molecular weight excluding hydrogens is 270 g/mol. The maximum atomic E-state index is 11.8. The second-order valence-corrected chi connectivity index (χ2v) is 5.73.